The Bertz CT molecular complexity index is 432. The molecule has 0 spiro atoms. The van der Waals surface area contributed by atoms with Crippen molar-refractivity contribution in [3.8, 4) is 5.75 Å². The lowest BCUT2D eigenvalue weighted by Gasteiger charge is -2.12. The van der Waals surface area contributed by atoms with Gasteiger partial charge in [0, 0.05) is 0 Å². The second-order valence-corrected chi connectivity index (χ2v) is 4.42. The first-order valence-electron chi connectivity index (χ1n) is 5.49. The van der Waals surface area contributed by atoms with Crippen molar-refractivity contribution in [3.05, 3.63) is 52.6 Å². The molecule has 0 unspecified atom stereocenters. The number of aryl methyl sites for hydroxylation is 1. The van der Waals surface area contributed by atoms with Crippen LogP contribution in [0.25, 0.3) is 0 Å². The molecular weight excluding hydrogens is 220 g/mol. The smallest absolute Gasteiger partial charge is 0.138 e. The average molecular weight is 235 g/mol. The Morgan fingerprint density at radius 1 is 1.38 bits per heavy atom. The summed E-state index contributed by atoms with van der Waals surface area (Å²) in [7, 11) is 0. The summed E-state index contributed by atoms with van der Waals surface area (Å²) in [6.07, 6.45) is 8.56. The van der Waals surface area contributed by atoms with Crippen molar-refractivity contribution in [1.29, 1.82) is 0 Å². The molecule has 2 heteroatoms. The number of halogens is 1. The molecule has 0 saturated heterocycles. The van der Waals surface area contributed by atoms with Crippen LogP contribution in [0.15, 0.2) is 42.0 Å². The van der Waals surface area contributed by atoms with E-state index in [-0.39, 0.29) is 0 Å². The minimum absolute atomic E-state index is 0.632. The van der Waals surface area contributed by atoms with Crippen molar-refractivity contribution in [1.82, 2.24) is 0 Å². The van der Waals surface area contributed by atoms with Gasteiger partial charge in [0.2, 0.25) is 0 Å². The summed E-state index contributed by atoms with van der Waals surface area (Å²) < 4.78 is 5.70. The quantitative estimate of drug-likeness (QED) is 0.758. The summed E-state index contributed by atoms with van der Waals surface area (Å²) in [5, 5.41) is 0.687. The van der Waals surface area contributed by atoms with Gasteiger partial charge in [-0.2, -0.15) is 0 Å². The zero-order valence-corrected chi connectivity index (χ0v) is 10.1. The van der Waals surface area contributed by atoms with Gasteiger partial charge in [-0.15, -0.1) is 0 Å². The molecule has 0 fully saturated rings. The third-order valence-electron chi connectivity index (χ3n) is 2.60. The van der Waals surface area contributed by atoms with Gasteiger partial charge in [-0.3, -0.25) is 0 Å². The lowest BCUT2D eigenvalue weighted by atomic mass is 10.1. The molecule has 1 aliphatic rings. The largest absolute Gasteiger partial charge is 0.488 e. The zero-order valence-electron chi connectivity index (χ0n) is 9.37. The van der Waals surface area contributed by atoms with Crippen LogP contribution in [-0.4, -0.2) is 6.61 Å². The van der Waals surface area contributed by atoms with Crippen molar-refractivity contribution < 1.29 is 4.74 Å². The van der Waals surface area contributed by atoms with E-state index in [1.807, 2.05) is 25.1 Å². The van der Waals surface area contributed by atoms with E-state index in [1.54, 1.807) is 0 Å². The summed E-state index contributed by atoms with van der Waals surface area (Å²) in [6.45, 7) is 2.65. The van der Waals surface area contributed by atoms with Crippen molar-refractivity contribution in [2.75, 3.05) is 6.61 Å². The van der Waals surface area contributed by atoms with Crippen molar-refractivity contribution in [2.45, 2.75) is 19.8 Å². The number of ether oxygens (including phenoxy) is 1. The third-order valence-corrected chi connectivity index (χ3v) is 2.90. The van der Waals surface area contributed by atoms with E-state index in [1.165, 1.54) is 5.57 Å². The summed E-state index contributed by atoms with van der Waals surface area (Å²) >= 11 is 6.09. The Balaban J connectivity index is 1.99. The predicted octanol–water partition coefficient (Wildman–Crippen LogP) is 4.30. The lowest BCUT2D eigenvalue weighted by molar-refractivity contribution is 0.347. The average Bonchev–Trinajstić information content (AvgIpc) is 2.29. The number of hydrogen-bond acceptors (Lipinski definition) is 1. The van der Waals surface area contributed by atoms with Crippen LogP contribution in [0.1, 0.15) is 18.4 Å². The number of rotatable bonds is 3. The fourth-order valence-corrected chi connectivity index (χ4v) is 1.96. The van der Waals surface area contributed by atoms with Gasteiger partial charge in [0.05, 0.1) is 5.02 Å². The van der Waals surface area contributed by atoms with Crippen molar-refractivity contribution >= 4 is 11.6 Å². The highest BCUT2D eigenvalue weighted by Gasteiger charge is 2.04. The highest BCUT2D eigenvalue weighted by molar-refractivity contribution is 6.32. The fourth-order valence-electron chi connectivity index (χ4n) is 1.67. The van der Waals surface area contributed by atoms with Gasteiger partial charge in [-0.1, -0.05) is 35.9 Å². The standard InChI is InChI=1S/C14H15ClO/c1-11-7-8-14(13(15)9-11)16-10-12-5-3-2-4-6-12/h2-3,5,7-9H,4,6,10H2,1H3. The molecule has 0 aromatic heterocycles. The lowest BCUT2D eigenvalue weighted by Crippen LogP contribution is -2.03. The monoisotopic (exact) mass is 234 g/mol. The molecule has 0 atom stereocenters. The number of allylic oxidation sites excluding steroid dienone is 3. The molecule has 1 nitrogen and oxygen atoms in total. The molecule has 0 saturated carbocycles. The van der Waals surface area contributed by atoms with Gasteiger partial charge in [-0.05, 0) is 43.0 Å². The SMILES string of the molecule is Cc1ccc(OCC2=CC=CCC2)c(Cl)c1. The van der Waals surface area contributed by atoms with E-state index in [9.17, 15) is 0 Å². The van der Waals surface area contributed by atoms with Crippen LogP contribution in [-0.2, 0) is 0 Å². The molecule has 1 aliphatic carbocycles. The van der Waals surface area contributed by atoms with E-state index < -0.39 is 0 Å². The van der Waals surface area contributed by atoms with Crippen LogP contribution < -0.4 is 4.74 Å². The molecule has 0 N–H and O–H groups in total. The molecule has 1 aromatic carbocycles. The van der Waals surface area contributed by atoms with Crippen LogP contribution in [0.3, 0.4) is 0 Å². The Kier molecular flexibility index (Phi) is 3.68. The van der Waals surface area contributed by atoms with E-state index in [2.05, 4.69) is 18.2 Å². The predicted molar refractivity (Wildman–Crippen MR) is 68.1 cm³/mol. The first-order valence-corrected chi connectivity index (χ1v) is 5.87. The molecule has 84 valence electrons. The van der Waals surface area contributed by atoms with Gasteiger partial charge in [0.1, 0.15) is 12.4 Å². The Morgan fingerprint density at radius 3 is 2.94 bits per heavy atom. The second-order valence-electron chi connectivity index (χ2n) is 4.01. The van der Waals surface area contributed by atoms with E-state index in [0.29, 0.717) is 11.6 Å². The van der Waals surface area contributed by atoms with Crippen molar-refractivity contribution in [3.63, 3.8) is 0 Å². The van der Waals surface area contributed by atoms with Crippen LogP contribution in [0, 0.1) is 6.92 Å². The summed E-state index contributed by atoms with van der Waals surface area (Å²) in [6, 6.07) is 5.86. The molecule has 0 heterocycles. The topological polar surface area (TPSA) is 9.23 Å². The van der Waals surface area contributed by atoms with Gasteiger partial charge < -0.3 is 4.74 Å². The van der Waals surface area contributed by atoms with Gasteiger partial charge in [0.25, 0.3) is 0 Å². The first kappa shape index (κ1) is 11.3. The first-order chi connectivity index (χ1) is 7.75. The Hall–Kier alpha value is -1.21. The van der Waals surface area contributed by atoms with Crippen LogP contribution >= 0.6 is 11.6 Å². The highest BCUT2D eigenvalue weighted by atomic mass is 35.5. The maximum atomic E-state index is 6.09. The van der Waals surface area contributed by atoms with E-state index in [4.69, 9.17) is 16.3 Å². The van der Waals surface area contributed by atoms with E-state index in [0.717, 1.165) is 24.2 Å². The number of benzene rings is 1. The Labute approximate surface area is 101 Å². The molecule has 0 bridgehead atoms. The minimum Gasteiger partial charge on any atom is -0.488 e. The normalized spacial score (nSPS) is 14.8. The van der Waals surface area contributed by atoms with E-state index >= 15 is 0 Å². The van der Waals surface area contributed by atoms with Gasteiger partial charge in [-0.25, -0.2) is 0 Å². The summed E-state index contributed by atoms with van der Waals surface area (Å²) in [5.41, 5.74) is 2.47. The molecular formula is C14H15ClO. The third kappa shape index (κ3) is 2.89. The second kappa shape index (κ2) is 5.22. The Morgan fingerprint density at radius 2 is 2.25 bits per heavy atom. The van der Waals surface area contributed by atoms with Crippen LogP contribution in [0.5, 0.6) is 5.75 Å². The summed E-state index contributed by atoms with van der Waals surface area (Å²) in [4.78, 5) is 0. The molecule has 0 aliphatic heterocycles. The molecule has 16 heavy (non-hydrogen) atoms. The zero-order chi connectivity index (χ0) is 11.4. The van der Waals surface area contributed by atoms with Crippen LogP contribution in [0.2, 0.25) is 5.02 Å². The molecule has 0 amide bonds. The molecule has 0 radical (unpaired) electrons. The molecule has 2 rings (SSSR count). The van der Waals surface area contributed by atoms with Crippen LogP contribution in [0.4, 0.5) is 0 Å². The minimum atomic E-state index is 0.632. The van der Waals surface area contributed by atoms with Crippen molar-refractivity contribution in [2.24, 2.45) is 0 Å². The maximum absolute atomic E-state index is 6.09. The maximum Gasteiger partial charge on any atom is 0.138 e. The highest BCUT2D eigenvalue weighted by Crippen LogP contribution is 2.26. The fraction of sp³-hybridized carbons (Fsp3) is 0.286. The van der Waals surface area contributed by atoms with Gasteiger partial charge in [0.15, 0.2) is 0 Å². The number of hydrogen-bond donors (Lipinski definition) is 0. The van der Waals surface area contributed by atoms with Gasteiger partial charge >= 0.3 is 0 Å². The summed E-state index contributed by atoms with van der Waals surface area (Å²) in [5.74, 6) is 0.766. The molecule has 1 aromatic rings.